The fourth-order valence-corrected chi connectivity index (χ4v) is 5.05. The summed E-state index contributed by atoms with van der Waals surface area (Å²) in [6.45, 7) is 0. The SMILES string of the molecule is NC(=Nc1ccc2ccccc2c1)SCCCCSC(N)Nc1ccc2ccccc2c1. The van der Waals surface area contributed by atoms with Gasteiger partial charge in [0.1, 0.15) is 5.50 Å². The largest absolute Gasteiger partial charge is 0.378 e. The van der Waals surface area contributed by atoms with Crippen molar-refractivity contribution in [2.45, 2.75) is 18.3 Å². The maximum atomic E-state index is 6.25. The highest BCUT2D eigenvalue weighted by atomic mass is 32.2. The van der Waals surface area contributed by atoms with Crippen molar-refractivity contribution < 1.29 is 0 Å². The number of aliphatic imine (C=N–C) groups is 1. The fraction of sp³-hybridized carbons (Fsp3) is 0.192. The minimum Gasteiger partial charge on any atom is -0.378 e. The van der Waals surface area contributed by atoms with Crippen LogP contribution >= 0.6 is 23.5 Å². The van der Waals surface area contributed by atoms with Gasteiger partial charge in [0.05, 0.1) is 5.69 Å². The van der Waals surface area contributed by atoms with Crippen LogP contribution in [-0.2, 0) is 0 Å². The smallest absolute Gasteiger partial charge is 0.159 e. The molecule has 5 N–H and O–H groups in total. The number of benzene rings is 4. The molecule has 164 valence electrons. The second kappa shape index (κ2) is 11.3. The Bertz CT molecular complexity index is 1210. The number of unbranched alkanes of at least 4 members (excludes halogenated alkanes) is 1. The van der Waals surface area contributed by atoms with Crippen molar-refractivity contribution in [1.29, 1.82) is 0 Å². The quantitative estimate of drug-likeness (QED) is 0.114. The van der Waals surface area contributed by atoms with E-state index in [4.69, 9.17) is 11.5 Å². The molecule has 0 aliphatic carbocycles. The number of amidine groups is 1. The van der Waals surface area contributed by atoms with Gasteiger partial charge in [-0.05, 0) is 64.4 Å². The zero-order valence-corrected chi connectivity index (χ0v) is 19.5. The average molecular weight is 461 g/mol. The van der Waals surface area contributed by atoms with Crippen LogP contribution in [0.5, 0.6) is 0 Å². The average Bonchev–Trinajstić information content (AvgIpc) is 2.81. The molecule has 0 fully saturated rings. The van der Waals surface area contributed by atoms with E-state index in [1.54, 1.807) is 23.5 Å². The van der Waals surface area contributed by atoms with E-state index in [0.717, 1.165) is 35.7 Å². The summed E-state index contributed by atoms with van der Waals surface area (Å²) in [5, 5.41) is 8.84. The van der Waals surface area contributed by atoms with Crippen LogP contribution in [0.25, 0.3) is 21.5 Å². The topological polar surface area (TPSA) is 76.4 Å². The number of hydrogen-bond acceptors (Lipinski definition) is 5. The van der Waals surface area contributed by atoms with Gasteiger partial charge in [-0.3, -0.25) is 0 Å². The van der Waals surface area contributed by atoms with Crippen molar-refractivity contribution in [3.63, 3.8) is 0 Å². The molecule has 4 aromatic rings. The number of nitrogens with two attached hydrogens (primary N) is 2. The molecule has 6 heteroatoms. The zero-order valence-electron chi connectivity index (χ0n) is 17.9. The second-order valence-corrected chi connectivity index (χ2v) is 9.90. The van der Waals surface area contributed by atoms with Crippen molar-refractivity contribution in [2.24, 2.45) is 16.5 Å². The zero-order chi connectivity index (χ0) is 22.2. The first-order valence-corrected chi connectivity index (χ1v) is 12.8. The summed E-state index contributed by atoms with van der Waals surface area (Å²) in [7, 11) is 0. The third-order valence-corrected chi connectivity index (χ3v) is 7.00. The lowest BCUT2D eigenvalue weighted by atomic mass is 10.1. The van der Waals surface area contributed by atoms with Gasteiger partial charge in [0, 0.05) is 11.4 Å². The van der Waals surface area contributed by atoms with Crippen molar-refractivity contribution in [3.8, 4) is 0 Å². The van der Waals surface area contributed by atoms with Gasteiger partial charge in [-0.15, -0.1) is 11.8 Å². The number of hydrogen-bond donors (Lipinski definition) is 3. The number of fused-ring (bicyclic) bond motifs is 2. The first-order valence-electron chi connectivity index (χ1n) is 10.8. The van der Waals surface area contributed by atoms with Crippen molar-refractivity contribution in [2.75, 3.05) is 16.8 Å². The third-order valence-electron chi connectivity index (χ3n) is 5.12. The minimum absolute atomic E-state index is 0.122. The Morgan fingerprint density at radius 2 is 1.41 bits per heavy atom. The molecule has 0 aliphatic heterocycles. The Balaban J connectivity index is 1.15. The van der Waals surface area contributed by atoms with Gasteiger partial charge in [-0.2, -0.15) is 0 Å². The predicted octanol–water partition coefficient (Wildman–Crippen LogP) is 6.54. The Labute approximate surface area is 197 Å². The van der Waals surface area contributed by atoms with Gasteiger partial charge in [0.2, 0.25) is 0 Å². The summed E-state index contributed by atoms with van der Waals surface area (Å²) in [5.74, 6) is 1.96. The lowest BCUT2D eigenvalue weighted by Crippen LogP contribution is -2.26. The van der Waals surface area contributed by atoms with E-state index >= 15 is 0 Å². The maximum absolute atomic E-state index is 6.25. The number of thioether (sulfide) groups is 2. The van der Waals surface area contributed by atoms with Crippen LogP contribution in [0.15, 0.2) is 89.9 Å². The normalized spacial score (nSPS) is 12.8. The number of nitrogens with one attached hydrogen (secondary N) is 1. The van der Waals surface area contributed by atoms with Crippen LogP contribution in [0.2, 0.25) is 0 Å². The second-order valence-electron chi connectivity index (χ2n) is 7.53. The molecule has 0 aliphatic rings. The molecular formula is C26H28N4S2. The first-order chi connectivity index (χ1) is 15.7. The summed E-state index contributed by atoms with van der Waals surface area (Å²) in [5.41, 5.74) is 14.2. The van der Waals surface area contributed by atoms with Crippen molar-refractivity contribution in [1.82, 2.24) is 0 Å². The Morgan fingerprint density at radius 3 is 2.16 bits per heavy atom. The van der Waals surface area contributed by atoms with Crippen LogP contribution in [-0.4, -0.2) is 22.2 Å². The molecule has 0 amide bonds. The maximum Gasteiger partial charge on any atom is 0.159 e. The molecule has 32 heavy (non-hydrogen) atoms. The van der Waals surface area contributed by atoms with Crippen molar-refractivity contribution >= 4 is 61.6 Å². The van der Waals surface area contributed by atoms with E-state index in [9.17, 15) is 0 Å². The third kappa shape index (κ3) is 6.42. The molecule has 0 aromatic heterocycles. The van der Waals surface area contributed by atoms with Gasteiger partial charge in [0.15, 0.2) is 5.17 Å². The van der Waals surface area contributed by atoms with Crippen LogP contribution in [0.3, 0.4) is 0 Å². The first kappa shape index (κ1) is 22.5. The van der Waals surface area contributed by atoms with Crippen LogP contribution in [0, 0.1) is 0 Å². The van der Waals surface area contributed by atoms with E-state index in [2.05, 4.69) is 77.0 Å². The molecule has 1 atom stereocenters. The molecule has 4 nitrogen and oxygen atoms in total. The highest BCUT2D eigenvalue weighted by Gasteiger charge is 2.04. The number of rotatable bonds is 9. The summed E-state index contributed by atoms with van der Waals surface area (Å²) < 4.78 is 0. The van der Waals surface area contributed by atoms with Crippen molar-refractivity contribution in [3.05, 3.63) is 84.9 Å². The standard InChI is InChI=1S/C26H28N4S2/c27-25(29-23-13-11-19-7-1-3-9-21(19)17-23)31-15-5-6-16-32-26(28)30-24-14-12-20-8-2-4-10-22(20)18-24/h1-4,7-14,17-18,25,29H,5-6,15-16,27H2,(H2,28,30). The highest BCUT2D eigenvalue weighted by Crippen LogP contribution is 2.23. The van der Waals surface area contributed by atoms with Gasteiger partial charge in [-0.1, -0.05) is 72.4 Å². The van der Waals surface area contributed by atoms with E-state index in [1.807, 2.05) is 18.2 Å². The van der Waals surface area contributed by atoms with Gasteiger partial charge >= 0.3 is 0 Å². The lowest BCUT2D eigenvalue weighted by molar-refractivity contribution is 0.903. The lowest BCUT2D eigenvalue weighted by Gasteiger charge is -2.15. The van der Waals surface area contributed by atoms with E-state index in [1.165, 1.54) is 21.5 Å². The van der Waals surface area contributed by atoms with Crippen LogP contribution in [0.4, 0.5) is 11.4 Å². The molecule has 0 saturated carbocycles. The number of nitrogens with zero attached hydrogens (tertiary/aromatic N) is 1. The van der Waals surface area contributed by atoms with Gasteiger partial charge in [0.25, 0.3) is 0 Å². The van der Waals surface area contributed by atoms with Crippen LogP contribution < -0.4 is 16.8 Å². The Kier molecular flexibility index (Phi) is 7.93. The molecule has 0 bridgehead atoms. The molecule has 4 aromatic carbocycles. The van der Waals surface area contributed by atoms with Gasteiger partial charge < -0.3 is 16.8 Å². The number of anilines is 1. The highest BCUT2D eigenvalue weighted by molar-refractivity contribution is 8.13. The molecular weight excluding hydrogens is 432 g/mol. The molecule has 0 heterocycles. The predicted molar refractivity (Wildman–Crippen MR) is 145 cm³/mol. The molecule has 0 spiro atoms. The van der Waals surface area contributed by atoms with E-state index in [-0.39, 0.29) is 5.50 Å². The van der Waals surface area contributed by atoms with Gasteiger partial charge in [-0.25, -0.2) is 4.99 Å². The summed E-state index contributed by atoms with van der Waals surface area (Å²) in [6.07, 6.45) is 2.17. The molecule has 0 radical (unpaired) electrons. The Morgan fingerprint density at radius 1 is 0.781 bits per heavy atom. The van der Waals surface area contributed by atoms with Crippen LogP contribution in [0.1, 0.15) is 12.8 Å². The molecule has 1 unspecified atom stereocenters. The monoisotopic (exact) mass is 460 g/mol. The summed E-state index contributed by atoms with van der Waals surface area (Å²) in [4.78, 5) is 4.55. The minimum atomic E-state index is -0.122. The summed E-state index contributed by atoms with van der Waals surface area (Å²) in [6, 6.07) is 29.1. The van der Waals surface area contributed by atoms with E-state index < -0.39 is 0 Å². The molecule has 4 rings (SSSR count). The molecule has 0 saturated heterocycles. The summed E-state index contributed by atoms with van der Waals surface area (Å²) >= 11 is 3.35. The Hall–Kier alpha value is -2.67. The fourth-order valence-electron chi connectivity index (χ4n) is 3.48. The van der Waals surface area contributed by atoms with E-state index in [0.29, 0.717) is 5.17 Å².